The number of aryl methyl sites for hydroxylation is 2. The van der Waals surface area contributed by atoms with Crippen molar-refractivity contribution in [2.24, 2.45) is 0 Å². The van der Waals surface area contributed by atoms with E-state index >= 15 is 0 Å². The van der Waals surface area contributed by atoms with E-state index in [0.29, 0.717) is 22.3 Å². The maximum Gasteiger partial charge on any atom is 0.253 e. The Morgan fingerprint density at radius 1 is 1.04 bits per heavy atom. The molecule has 0 aliphatic carbocycles. The van der Waals surface area contributed by atoms with E-state index in [9.17, 15) is 4.79 Å². The van der Waals surface area contributed by atoms with Crippen LogP contribution in [-0.2, 0) is 11.2 Å². The Kier molecular flexibility index (Phi) is 4.79. The second-order valence-electron chi connectivity index (χ2n) is 6.51. The van der Waals surface area contributed by atoms with Crippen molar-refractivity contribution in [3.8, 4) is 11.4 Å². The number of fused-ring (bicyclic) bond motifs is 1. The maximum atomic E-state index is 12.5. The summed E-state index contributed by atoms with van der Waals surface area (Å²) in [6, 6.07) is 16.8. The first kappa shape index (κ1) is 18.1. The van der Waals surface area contributed by atoms with E-state index in [0.717, 1.165) is 22.5 Å². The van der Waals surface area contributed by atoms with Gasteiger partial charge in [-0.2, -0.15) is 4.98 Å². The van der Waals surface area contributed by atoms with Crippen LogP contribution in [0.4, 0.5) is 5.69 Å². The van der Waals surface area contributed by atoms with Gasteiger partial charge in [0.15, 0.2) is 5.82 Å². The van der Waals surface area contributed by atoms with Gasteiger partial charge in [-0.3, -0.25) is 4.79 Å². The van der Waals surface area contributed by atoms with E-state index in [4.69, 9.17) is 11.6 Å². The fourth-order valence-electron chi connectivity index (χ4n) is 3.07. The van der Waals surface area contributed by atoms with E-state index in [1.54, 1.807) is 28.8 Å². The molecule has 4 aromatic rings. The topological polar surface area (TPSA) is 72.2 Å². The SMILES string of the molecule is Cc1nc2nc(-c3ccccc3)nn2c(C)c1CC(=O)Nc1ccc(Cl)cc1. The lowest BCUT2D eigenvalue weighted by Gasteiger charge is -2.11. The minimum absolute atomic E-state index is 0.127. The molecule has 0 spiro atoms. The third-order valence-corrected chi connectivity index (χ3v) is 4.80. The summed E-state index contributed by atoms with van der Waals surface area (Å²) in [7, 11) is 0. The van der Waals surface area contributed by atoms with Crippen LogP contribution in [-0.4, -0.2) is 25.5 Å². The average Bonchev–Trinajstić information content (AvgIpc) is 3.12. The Morgan fingerprint density at radius 3 is 2.46 bits per heavy atom. The molecule has 1 amide bonds. The number of nitrogens with one attached hydrogen (secondary N) is 1. The number of rotatable bonds is 4. The van der Waals surface area contributed by atoms with Crippen molar-refractivity contribution in [2.75, 3.05) is 5.32 Å². The summed E-state index contributed by atoms with van der Waals surface area (Å²) in [4.78, 5) is 21.6. The number of hydrogen-bond acceptors (Lipinski definition) is 4. The van der Waals surface area contributed by atoms with Crippen molar-refractivity contribution >= 4 is 29.0 Å². The van der Waals surface area contributed by atoms with Crippen LogP contribution in [0.1, 0.15) is 17.0 Å². The van der Waals surface area contributed by atoms with Crippen molar-refractivity contribution in [1.82, 2.24) is 19.6 Å². The highest BCUT2D eigenvalue weighted by Crippen LogP contribution is 2.20. The second-order valence-corrected chi connectivity index (χ2v) is 6.94. The molecule has 6 nitrogen and oxygen atoms in total. The number of carbonyl (C=O) groups is 1. The molecule has 28 heavy (non-hydrogen) atoms. The lowest BCUT2D eigenvalue weighted by molar-refractivity contribution is -0.115. The summed E-state index contributed by atoms with van der Waals surface area (Å²) in [5.74, 6) is 1.01. The smallest absolute Gasteiger partial charge is 0.253 e. The zero-order valence-electron chi connectivity index (χ0n) is 15.5. The molecule has 7 heteroatoms. The Morgan fingerprint density at radius 2 is 1.75 bits per heavy atom. The number of amides is 1. The van der Waals surface area contributed by atoms with Crippen LogP contribution >= 0.6 is 11.6 Å². The summed E-state index contributed by atoms with van der Waals surface area (Å²) in [5, 5.41) is 8.09. The van der Waals surface area contributed by atoms with Gasteiger partial charge in [-0.25, -0.2) is 9.50 Å². The molecule has 0 saturated heterocycles. The first-order chi connectivity index (χ1) is 13.5. The minimum Gasteiger partial charge on any atom is -0.326 e. The van der Waals surface area contributed by atoms with E-state index in [1.165, 1.54) is 0 Å². The molecule has 0 unspecified atom stereocenters. The molecule has 0 fully saturated rings. The van der Waals surface area contributed by atoms with Crippen LogP contribution in [0.2, 0.25) is 5.02 Å². The van der Waals surface area contributed by atoms with Crippen LogP contribution in [0.25, 0.3) is 17.2 Å². The molecule has 1 N–H and O–H groups in total. The van der Waals surface area contributed by atoms with Gasteiger partial charge in [0.1, 0.15) is 0 Å². The number of carbonyl (C=O) groups excluding carboxylic acids is 1. The quantitative estimate of drug-likeness (QED) is 0.564. The molecule has 2 heterocycles. The molecule has 0 aliphatic rings. The van der Waals surface area contributed by atoms with Crippen molar-refractivity contribution in [1.29, 1.82) is 0 Å². The molecule has 140 valence electrons. The fraction of sp³-hybridized carbons (Fsp3) is 0.143. The zero-order chi connectivity index (χ0) is 19.7. The first-order valence-electron chi connectivity index (χ1n) is 8.85. The molecule has 0 aliphatic heterocycles. The molecule has 2 aromatic carbocycles. The van der Waals surface area contributed by atoms with E-state index in [1.807, 2.05) is 44.2 Å². The van der Waals surface area contributed by atoms with Gasteiger partial charge in [0, 0.05) is 33.2 Å². The number of benzene rings is 2. The highest BCUT2D eigenvalue weighted by Gasteiger charge is 2.16. The van der Waals surface area contributed by atoms with Gasteiger partial charge in [0.25, 0.3) is 5.78 Å². The Bertz CT molecular complexity index is 1150. The first-order valence-corrected chi connectivity index (χ1v) is 9.23. The summed E-state index contributed by atoms with van der Waals surface area (Å²) in [5.41, 5.74) is 4.08. The predicted octanol–water partition coefficient (Wildman–Crippen LogP) is 4.24. The zero-order valence-corrected chi connectivity index (χ0v) is 16.2. The number of hydrogen-bond donors (Lipinski definition) is 1. The van der Waals surface area contributed by atoms with E-state index in [-0.39, 0.29) is 12.3 Å². The molecular weight excluding hydrogens is 374 g/mol. The molecular formula is C21H18ClN5O. The van der Waals surface area contributed by atoms with Crippen molar-refractivity contribution in [3.63, 3.8) is 0 Å². The normalized spacial score (nSPS) is 11.0. The van der Waals surface area contributed by atoms with Gasteiger partial charge < -0.3 is 5.32 Å². The molecule has 0 bridgehead atoms. The van der Waals surface area contributed by atoms with Gasteiger partial charge in [-0.05, 0) is 38.1 Å². The van der Waals surface area contributed by atoms with Gasteiger partial charge in [-0.1, -0.05) is 41.9 Å². The third kappa shape index (κ3) is 3.59. The van der Waals surface area contributed by atoms with Crippen molar-refractivity contribution in [3.05, 3.63) is 76.6 Å². The molecule has 0 radical (unpaired) electrons. The second kappa shape index (κ2) is 7.40. The number of anilines is 1. The minimum atomic E-state index is -0.127. The standard InChI is InChI=1S/C21H18ClN5O/c1-13-18(12-19(28)24-17-10-8-16(22)9-11-17)14(2)27-21(23-13)25-20(26-27)15-6-4-3-5-7-15/h3-11H,12H2,1-2H3,(H,24,28). The Labute approximate surface area is 167 Å². The van der Waals surface area contributed by atoms with E-state index < -0.39 is 0 Å². The predicted molar refractivity (Wildman–Crippen MR) is 109 cm³/mol. The number of nitrogens with zero attached hydrogens (tertiary/aromatic N) is 4. The fourth-order valence-corrected chi connectivity index (χ4v) is 3.20. The lowest BCUT2D eigenvalue weighted by Crippen LogP contribution is -2.17. The van der Waals surface area contributed by atoms with Crippen LogP contribution in [0.15, 0.2) is 54.6 Å². The lowest BCUT2D eigenvalue weighted by atomic mass is 10.1. The van der Waals surface area contributed by atoms with Crippen LogP contribution < -0.4 is 5.32 Å². The average molecular weight is 392 g/mol. The van der Waals surface area contributed by atoms with Gasteiger partial charge in [0.05, 0.1) is 6.42 Å². The molecule has 4 rings (SSSR count). The number of halogens is 1. The van der Waals surface area contributed by atoms with Crippen LogP contribution in [0, 0.1) is 13.8 Å². The molecule has 0 saturated carbocycles. The molecule has 2 aromatic heterocycles. The van der Waals surface area contributed by atoms with E-state index in [2.05, 4.69) is 20.4 Å². The van der Waals surface area contributed by atoms with Crippen molar-refractivity contribution < 1.29 is 4.79 Å². The summed E-state index contributed by atoms with van der Waals surface area (Å²) in [6.45, 7) is 3.81. The summed E-state index contributed by atoms with van der Waals surface area (Å²) >= 11 is 5.88. The molecule has 0 atom stereocenters. The van der Waals surface area contributed by atoms with Gasteiger partial charge in [-0.15, -0.1) is 5.10 Å². The maximum absolute atomic E-state index is 12.5. The van der Waals surface area contributed by atoms with Crippen LogP contribution in [0.5, 0.6) is 0 Å². The summed E-state index contributed by atoms with van der Waals surface area (Å²) < 4.78 is 1.69. The van der Waals surface area contributed by atoms with Gasteiger partial charge in [0.2, 0.25) is 5.91 Å². The van der Waals surface area contributed by atoms with Crippen LogP contribution in [0.3, 0.4) is 0 Å². The Balaban J connectivity index is 1.63. The Hall–Kier alpha value is -3.25. The highest BCUT2D eigenvalue weighted by atomic mass is 35.5. The summed E-state index contributed by atoms with van der Waals surface area (Å²) in [6.07, 6.45) is 0.198. The van der Waals surface area contributed by atoms with Gasteiger partial charge >= 0.3 is 0 Å². The third-order valence-electron chi connectivity index (χ3n) is 4.55. The largest absolute Gasteiger partial charge is 0.326 e. The monoisotopic (exact) mass is 391 g/mol. The number of aromatic nitrogens is 4. The highest BCUT2D eigenvalue weighted by molar-refractivity contribution is 6.30. The van der Waals surface area contributed by atoms with Crippen molar-refractivity contribution in [2.45, 2.75) is 20.3 Å².